The highest BCUT2D eigenvalue weighted by molar-refractivity contribution is 7.88. The van der Waals surface area contributed by atoms with Gasteiger partial charge in [-0.3, -0.25) is 4.79 Å². The third-order valence-electron chi connectivity index (χ3n) is 8.52. The molecule has 2 heterocycles. The number of carbonyl (C=O) groups excluding carboxylic acids is 1. The van der Waals surface area contributed by atoms with Gasteiger partial charge in [0.1, 0.15) is 17.1 Å². The van der Waals surface area contributed by atoms with E-state index in [4.69, 9.17) is 4.74 Å². The Morgan fingerprint density at radius 1 is 1.13 bits per heavy atom. The zero-order valence-corrected chi connectivity index (χ0v) is 27.0. The minimum atomic E-state index is -4.80. The van der Waals surface area contributed by atoms with Crippen LogP contribution in [0.25, 0.3) is 0 Å². The third kappa shape index (κ3) is 7.37. The summed E-state index contributed by atoms with van der Waals surface area (Å²) in [5, 5.41) is 5.80. The Morgan fingerprint density at radius 2 is 1.85 bits per heavy atom. The number of halogens is 3. The van der Waals surface area contributed by atoms with Crippen molar-refractivity contribution in [1.82, 2.24) is 24.1 Å². The van der Waals surface area contributed by atoms with Gasteiger partial charge >= 0.3 is 6.18 Å². The fourth-order valence-corrected chi connectivity index (χ4v) is 6.65. The largest absolute Gasteiger partial charge is 0.495 e. The van der Waals surface area contributed by atoms with Crippen molar-refractivity contribution in [1.29, 1.82) is 0 Å². The minimum Gasteiger partial charge on any atom is -0.495 e. The molecular weight excluding hydrogens is 623 g/mol. The molecule has 3 aromatic rings. The van der Waals surface area contributed by atoms with Crippen molar-refractivity contribution in [3.63, 3.8) is 0 Å². The van der Waals surface area contributed by atoms with Crippen LogP contribution in [-0.4, -0.2) is 98.1 Å². The molecule has 11 nitrogen and oxygen atoms in total. The smallest absolute Gasteiger partial charge is 0.421 e. The van der Waals surface area contributed by atoms with Crippen LogP contribution in [0.15, 0.2) is 48.7 Å². The molecule has 15 heteroatoms. The van der Waals surface area contributed by atoms with Crippen molar-refractivity contribution >= 4 is 33.4 Å². The highest BCUT2D eigenvalue weighted by Crippen LogP contribution is 2.41. The number of sulfonamides is 1. The number of hydrogen-bond acceptors (Lipinski definition) is 9. The van der Waals surface area contributed by atoms with Crippen molar-refractivity contribution < 1.29 is 31.1 Å². The van der Waals surface area contributed by atoms with Crippen LogP contribution >= 0.6 is 0 Å². The number of aromatic nitrogens is 2. The quantitative estimate of drug-likeness (QED) is 0.309. The van der Waals surface area contributed by atoms with Gasteiger partial charge in [-0.25, -0.2) is 13.4 Å². The number of fused-ring (bicyclic) bond motifs is 1. The van der Waals surface area contributed by atoms with E-state index < -0.39 is 39.7 Å². The summed E-state index contributed by atoms with van der Waals surface area (Å²) in [6.45, 7) is 3.35. The molecule has 2 aromatic carbocycles. The minimum absolute atomic E-state index is 0.177. The third-order valence-corrected chi connectivity index (χ3v) is 9.79. The van der Waals surface area contributed by atoms with Gasteiger partial charge in [-0.2, -0.15) is 22.5 Å². The number of hydrogen-bond donors (Lipinski definition) is 2. The Bertz CT molecular complexity index is 1680. The molecule has 46 heavy (non-hydrogen) atoms. The van der Waals surface area contributed by atoms with Gasteiger partial charge in [0.05, 0.1) is 31.1 Å². The fourth-order valence-electron chi connectivity index (χ4n) is 5.97. The lowest BCUT2D eigenvalue weighted by Gasteiger charge is -2.30. The summed E-state index contributed by atoms with van der Waals surface area (Å²) in [4.78, 5) is 25.3. The van der Waals surface area contributed by atoms with Gasteiger partial charge in [0.25, 0.3) is 5.91 Å². The number of anilines is 3. The zero-order chi connectivity index (χ0) is 33.2. The van der Waals surface area contributed by atoms with E-state index in [1.165, 1.54) is 14.2 Å². The first-order chi connectivity index (χ1) is 21.8. The monoisotopic (exact) mass is 661 g/mol. The second kappa shape index (κ2) is 13.4. The number of carbonyl (C=O) groups is 1. The fraction of sp³-hybridized carbons (Fsp3) is 0.452. The molecule has 0 bridgehead atoms. The van der Waals surface area contributed by atoms with Crippen LogP contribution in [0.2, 0.25) is 0 Å². The van der Waals surface area contributed by atoms with Gasteiger partial charge in [-0.05, 0) is 61.7 Å². The average Bonchev–Trinajstić information content (AvgIpc) is 3.66. The van der Waals surface area contributed by atoms with Crippen LogP contribution in [0.4, 0.5) is 30.6 Å². The standard InChI is InChI=1S/C31H38F3N7O4S/c1-39(15-16-41-13-7-8-14-41)29(42)21-11-12-26(45-3)24(18-21)37-30-35-19-23(31(32,33)34)28(38-30)36-25-17-20-9-5-6-10-22(20)27(25)40(2)46(4,43)44/h5-6,9-12,18-19,25,27H,7-8,13-17H2,1-4H3,(H2,35,36,37,38)/t25-,27-/m1/s1. The number of ether oxygens (including phenoxy) is 1. The number of likely N-dealkylation sites (tertiary alicyclic amines) is 1. The van der Waals surface area contributed by atoms with Crippen molar-refractivity contribution in [2.24, 2.45) is 0 Å². The molecule has 0 radical (unpaired) electrons. The maximum absolute atomic E-state index is 14.2. The van der Waals surface area contributed by atoms with Crippen LogP contribution in [0.3, 0.4) is 0 Å². The summed E-state index contributed by atoms with van der Waals surface area (Å²) in [6.07, 6.45) is -0.497. The Morgan fingerprint density at radius 3 is 2.52 bits per heavy atom. The number of nitrogens with one attached hydrogen (secondary N) is 2. The van der Waals surface area contributed by atoms with E-state index in [9.17, 15) is 26.4 Å². The molecule has 2 aliphatic rings. The van der Waals surface area contributed by atoms with E-state index in [0.717, 1.165) is 48.6 Å². The molecule has 0 unspecified atom stereocenters. The Kier molecular flexibility index (Phi) is 9.75. The Hall–Kier alpha value is -3.95. The molecule has 1 aliphatic heterocycles. The number of methoxy groups -OCH3 is 1. The second-order valence-electron chi connectivity index (χ2n) is 11.6. The van der Waals surface area contributed by atoms with Gasteiger partial charge in [-0.1, -0.05) is 24.3 Å². The van der Waals surface area contributed by atoms with Crippen molar-refractivity contribution in [3.8, 4) is 5.75 Å². The van der Waals surface area contributed by atoms with Gasteiger partial charge < -0.3 is 25.2 Å². The Balaban J connectivity index is 1.42. The summed E-state index contributed by atoms with van der Waals surface area (Å²) < 4.78 is 74.2. The SMILES string of the molecule is COc1ccc(C(=O)N(C)CCN2CCCC2)cc1Nc1ncc(C(F)(F)F)c(N[C@@H]2Cc3ccccc3[C@H]2N(C)S(C)(=O)=O)n1. The first-order valence-electron chi connectivity index (χ1n) is 14.9. The molecule has 1 aromatic heterocycles. The number of benzene rings is 2. The lowest BCUT2D eigenvalue weighted by atomic mass is 10.1. The molecule has 2 atom stereocenters. The molecule has 2 N–H and O–H groups in total. The first kappa shape index (κ1) is 33.4. The number of alkyl halides is 3. The highest BCUT2D eigenvalue weighted by Gasteiger charge is 2.41. The number of nitrogens with zero attached hydrogens (tertiary/aromatic N) is 5. The zero-order valence-electron chi connectivity index (χ0n) is 26.1. The lowest BCUT2D eigenvalue weighted by Crippen LogP contribution is -2.39. The summed E-state index contributed by atoms with van der Waals surface area (Å²) in [6, 6.07) is 10.4. The average molecular weight is 662 g/mol. The topological polar surface area (TPSA) is 120 Å². The van der Waals surface area contributed by atoms with E-state index in [1.54, 1.807) is 48.3 Å². The van der Waals surface area contributed by atoms with Crippen molar-refractivity contribution in [3.05, 3.63) is 70.9 Å². The maximum Gasteiger partial charge on any atom is 0.421 e. The van der Waals surface area contributed by atoms with Gasteiger partial charge in [0, 0.05) is 38.9 Å². The number of rotatable bonds is 11. The molecule has 0 spiro atoms. The molecule has 1 aliphatic carbocycles. The molecule has 1 fully saturated rings. The summed E-state index contributed by atoms with van der Waals surface area (Å²) in [7, 11) is 0.862. The van der Waals surface area contributed by atoms with Crippen LogP contribution < -0.4 is 15.4 Å². The van der Waals surface area contributed by atoms with Crippen LogP contribution in [0, 0.1) is 0 Å². The van der Waals surface area contributed by atoms with E-state index in [2.05, 4.69) is 25.5 Å². The summed E-state index contributed by atoms with van der Waals surface area (Å²) >= 11 is 0. The normalized spacial score (nSPS) is 18.4. The lowest BCUT2D eigenvalue weighted by molar-refractivity contribution is -0.137. The van der Waals surface area contributed by atoms with Crippen LogP contribution in [0.5, 0.6) is 5.75 Å². The van der Waals surface area contributed by atoms with E-state index in [1.807, 2.05) is 6.07 Å². The maximum atomic E-state index is 14.2. The van der Waals surface area contributed by atoms with Crippen LogP contribution in [0.1, 0.15) is 45.9 Å². The predicted octanol–water partition coefficient (Wildman–Crippen LogP) is 4.38. The number of likely N-dealkylation sites (N-methyl/N-ethyl adjacent to an activating group) is 2. The number of amides is 1. The summed E-state index contributed by atoms with van der Waals surface area (Å²) in [5.41, 5.74) is 1.05. The molecule has 5 rings (SSSR count). The summed E-state index contributed by atoms with van der Waals surface area (Å²) in [5.74, 6) is -0.579. The second-order valence-corrected chi connectivity index (χ2v) is 13.7. The molecule has 0 saturated carbocycles. The van der Waals surface area contributed by atoms with E-state index >= 15 is 0 Å². The van der Waals surface area contributed by atoms with Crippen LogP contribution in [-0.2, 0) is 22.6 Å². The molecule has 248 valence electrons. The van der Waals surface area contributed by atoms with Crippen molar-refractivity contribution in [2.45, 2.75) is 37.5 Å². The molecular formula is C31H38F3N7O4S. The Labute approximate surface area is 266 Å². The first-order valence-corrected chi connectivity index (χ1v) is 16.8. The van der Waals surface area contributed by atoms with Crippen molar-refractivity contribution in [2.75, 3.05) is 64.3 Å². The molecule has 1 amide bonds. The molecule has 1 saturated heterocycles. The van der Waals surface area contributed by atoms with Gasteiger partial charge in [0.15, 0.2) is 0 Å². The van der Waals surface area contributed by atoms with Gasteiger partial charge in [-0.15, -0.1) is 0 Å². The van der Waals surface area contributed by atoms with E-state index in [0.29, 0.717) is 29.6 Å². The highest BCUT2D eigenvalue weighted by atomic mass is 32.2. The van der Waals surface area contributed by atoms with E-state index in [-0.39, 0.29) is 24.0 Å². The predicted molar refractivity (Wildman–Crippen MR) is 169 cm³/mol. The van der Waals surface area contributed by atoms with Gasteiger partial charge in [0.2, 0.25) is 16.0 Å².